The molecule has 0 aliphatic heterocycles. The lowest BCUT2D eigenvalue weighted by atomic mass is 10.2. The van der Waals surface area contributed by atoms with Gasteiger partial charge in [0.25, 0.3) is 11.8 Å². The summed E-state index contributed by atoms with van der Waals surface area (Å²) in [6.07, 6.45) is 0. The summed E-state index contributed by atoms with van der Waals surface area (Å²) in [4.78, 5) is 24.3. The van der Waals surface area contributed by atoms with Gasteiger partial charge in [-0.05, 0) is 49.8 Å². The Kier molecular flexibility index (Phi) is 9.39. The maximum atomic E-state index is 12.3. The monoisotopic (exact) mass is 430 g/mol. The molecule has 2 aromatic rings. The average molecular weight is 431 g/mol. The number of ether oxygens (including phenoxy) is 2. The van der Waals surface area contributed by atoms with E-state index in [4.69, 9.17) is 21.7 Å². The molecule has 9 heteroatoms. The predicted octanol–water partition coefficient (Wildman–Crippen LogP) is 1.91. The van der Waals surface area contributed by atoms with E-state index in [-0.39, 0.29) is 11.7 Å². The van der Waals surface area contributed by atoms with E-state index in [1.54, 1.807) is 18.2 Å². The molecule has 2 aromatic carbocycles. The quantitative estimate of drug-likeness (QED) is 0.356. The summed E-state index contributed by atoms with van der Waals surface area (Å²) < 4.78 is 11.0. The summed E-state index contributed by atoms with van der Waals surface area (Å²) in [5.41, 5.74) is 6.45. The van der Waals surface area contributed by atoms with Crippen molar-refractivity contribution in [1.29, 1.82) is 0 Å². The minimum absolute atomic E-state index is 0.218. The maximum Gasteiger partial charge on any atom is 0.257 e. The van der Waals surface area contributed by atoms with Crippen LogP contribution in [0.25, 0.3) is 0 Å². The third-order valence-corrected chi connectivity index (χ3v) is 4.07. The normalized spacial score (nSPS) is 9.93. The van der Waals surface area contributed by atoms with Crippen LogP contribution in [0.3, 0.4) is 0 Å². The van der Waals surface area contributed by atoms with Crippen molar-refractivity contribution in [1.82, 2.24) is 21.5 Å². The Labute approximate surface area is 181 Å². The van der Waals surface area contributed by atoms with E-state index >= 15 is 0 Å². The fourth-order valence-corrected chi connectivity index (χ4v) is 2.57. The molecule has 8 nitrogen and oxygen atoms in total. The van der Waals surface area contributed by atoms with Crippen LogP contribution in [0.1, 0.15) is 29.8 Å². The van der Waals surface area contributed by atoms with Crippen LogP contribution in [0.4, 0.5) is 0 Å². The molecule has 0 radical (unpaired) electrons. The predicted molar refractivity (Wildman–Crippen MR) is 118 cm³/mol. The maximum absolute atomic E-state index is 12.3. The van der Waals surface area contributed by atoms with Crippen molar-refractivity contribution >= 4 is 29.1 Å². The van der Waals surface area contributed by atoms with Crippen molar-refractivity contribution in [3.8, 4) is 11.5 Å². The van der Waals surface area contributed by atoms with Crippen LogP contribution in [0, 0.1) is 0 Å². The summed E-state index contributed by atoms with van der Waals surface area (Å²) >= 11 is 5.11. The number of hydrogen-bond donors (Lipinski definition) is 4. The molecule has 2 amide bonds. The highest BCUT2D eigenvalue weighted by molar-refractivity contribution is 7.80. The van der Waals surface area contributed by atoms with Gasteiger partial charge in [0.1, 0.15) is 0 Å². The average Bonchev–Trinajstić information content (AvgIpc) is 2.76. The van der Waals surface area contributed by atoms with Crippen molar-refractivity contribution in [3.05, 3.63) is 59.7 Å². The topological polar surface area (TPSA) is 101 Å². The van der Waals surface area contributed by atoms with Crippen LogP contribution >= 0.6 is 12.2 Å². The molecule has 0 saturated carbocycles. The standard InChI is InChI=1S/C21H26N4O4S/c1-3-28-17-11-10-16(12-18(17)29-4-2)20(27)22-14-19(26)24-25-21(30)23-13-15-8-6-5-7-9-15/h5-12H,3-4,13-14H2,1-2H3,(H,22,27)(H,24,26)(H2,23,25,30). The Morgan fingerprint density at radius 3 is 2.30 bits per heavy atom. The highest BCUT2D eigenvalue weighted by Gasteiger charge is 2.12. The second kappa shape index (κ2) is 12.3. The first-order chi connectivity index (χ1) is 14.5. The largest absolute Gasteiger partial charge is 0.490 e. The zero-order valence-corrected chi connectivity index (χ0v) is 17.8. The van der Waals surface area contributed by atoms with Crippen molar-refractivity contribution in [3.63, 3.8) is 0 Å². The van der Waals surface area contributed by atoms with Gasteiger partial charge in [0.2, 0.25) is 0 Å². The molecule has 0 heterocycles. The molecule has 0 spiro atoms. The number of hydrogen-bond acceptors (Lipinski definition) is 5. The molecule has 160 valence electrons. The van der Waals surface area contributed by atoms with Gasteiger partial charge in [-0.25, -0.2) is 0 Å². The minimum atomic E-state index is -0.442. The number of thiocarbonyl (C=S) groups is 1. The Hall–Kier alpha value is -3.33. The Morgan fingerprint density at radius 1 is 0.900 bits per heavy atom. The van der Waals surface area contributed by atoms with E-state index in [0.29, 0.717) is 36.8 Å². The molecule has 2 rings (SSSR count). The van der Waals surface area contributed by atoms with E-state index in [1.165, 1.54) is 0 Å². The number of rotatable bonds is 9. The fraction of sp³-hybridized carbons (Fsp3) is 0.286. The molecular formula is C21H26N4O4S. The number of amides is 2. The third kappa shape index (κ3) is 7.59. The second-order valence-corrected chi connectivity index (χ2v) is 6.46. The van der Waals surface area contributed by atoms with Crippen molar-refractivity contribution in [2.75, 3.05) is 19.8 Å². The first-order valence-electron chi connectivity index (χ1n) is 9.58. The number of carbonyl (C=O) groups is 2. The summed E-state index contributed by atoms with van der Waals surface area (Å²) in [5.74, 6) is 0.199. The van der Waals surface area contributed by atoms with E-state index < -0.39 is 11.8 Å². The first kappa shape index (κ1) is 23.0. The lowest BCUT2D eigenvalue weighted by molar-refractivity contribution is -0.120. The van der Waals surface area contributed by atoms with Gasteiger partial charge in [-0.1, -0.05) is 30.3 Å². The highest BCUT2D eigenvalue weighted by atomic mass is 32.1. The summed E-state index contributed by atoms with van der Waals surface area (Å²) in [7, 11) is 0. The van der Waals surface area contributed by atoms with E-state index in [9.17, 15) is 9.59 Å². The molecule has 0 fully saturated rings. The Balaban J connectivity index is 1.76. The van der Waals surface area contributed by atoms with Gasteiger partial charge in [0.05, 0.1) is 19.8 Å². The SMILES string of the molecule is CCOc1ccc(C(=O)NCC(=O)NNC(=S)NCc2ccccc2)cc1OCC. The van der Waals surface area contributed by atoms with Gasteiger partial charge in [-0.3, -0.25) is 20.4 Å². The number of hydrazine groups is 1. The van der Waals surface area contributed by atoms with Gasteiger partial charge in [-0.15, -0.1) is 0 Å². The van der Waals surface area contributed by atoms with Crippen LogP contribution in [0.2, 0.25) is 0 Å². The molecule has 0 aromatic heterocycles. The van der Waals surface area contributed by atoms with Gasteiger partial charge >= 0.3 is 0 Å². The molecule has 4 N–H and O–H groups in total. The van der Waals surface area contributed by atoms with Crippen LogP contribution in [0.5, 0.6) is 11.5 Å². The van der Waals surface area contributed by atoms with Crippen molar-refractivity contribution < 1.29 is 19.1 Å². The molecule has 0 aliphatic carbocycles. The lowest BCUT2D eigenvalue weighted by Crippen LogP contribution is -2.49. The highest BCUT2D eigenvalue weighted by Crippen LogP contribution is 2.28. The lowest BCUT2D eigenvalue weighted by Gasteiger charge is -2.13. The Morgan fingerprint density at radius 2 is 1.60 bits per heavy atom. The molecule has 0 bridgehead atoms. The fourth-order valence-electron chi connectivity index (χ4n) is 2.45. The number of carbonyl (C=O) groups excluding carboxylic acids is 2. The Bertz CT molecular complexity index is 861. The van der Waals surface area contributed by atoms with Crippen LogP contribution < -0.4 is 31.0 Å². The van der Waals surface area contributed by atoms with Crippen molar-refractivity contribution in [2.45, 2.75) is 20.4 Å². The van der Waals surface area contributed by atoms with Gasteiger partial charge < -0.3 is 20.1 Å². The van der Waals surface area contributed by atoms with Crippen LogP contribution in [-0.2, 0) is 11.3 Å². The smallest absolute Gasteiger partial charge is 0.257 e. The molecule has 0 unspecified atom stereocenters. The molecule has 0 saturated heterocycles. The zero-order valence-electron chi connectivity index (χ0n) is 17.0. The van der Waals surface area contributed by atoms with Gasteiger partial charge in [-0.2, -0.15) is 0 Å². The van der Waals surface area contributed by atoms with E-state index in [2.05, 4.69) is 21.5 Å². The number of benzene rings is 2. The zero-order chi connectivity index (χ0) is 21.8. The summed E-state index contributed by atoms with van der Waals surface area (Å²) in [6.45, 7) is 4.95. The summed E-state index contributed by atoms with van der Waals surface area (Å²) in [5, 5.41) is 5.79. The number of nitrogens with one attached hydrogen (secondary N) is 4. The van der Waals surface area contributed by atoms with E-state index in [1.807, 2.05) is 44.2 Å². The first-order valence-corrected chi connectivity index (χ1v) is 9.98. The van der Waals surface area contributed by atoms with Crippen LogP contribution in [0.15, 0.2) is 48.5 Å². The van der Waals surface area contributed by atoms with Gasteiger partial charge in [0, 0.05) is 12.1 Å². The third-order valence-electron chi connectivity index (χ3n) is 3.83. The molecule has 30 heavy (non-hydrogen) atoms. The van der Waals surface area contributed by atoms with Crippen molar-refractivity contribution in [2.24, 2.45) is 0 Å². The van der Waals surface area contributed by atoms with Gasteiger partial charge in [0.15, 0.2) is 16.6 Å². The minimum Gasteiger partial charge on any atom is -0.490 e. The second-order valence-electron chi connectivity index (χ2n) is 6.05. The molecular weight excluding hydrogens is 404 g/mol. The van der Waals surface area contributed by atoms with E-state index in [0.717, 1.165) is 5.56 Å². The summed E-state index contributed by atoms with van der Waals surface area (Å²) in [6, 6.07) is 14.6. The molecule has 0 atom stereocenters. The molecule has 0 aliphatic rings. The van der Waals surface area contributed by atoms with Crippen LogP contribution in [-0.4, -0.2) is 36.7 Å².